The predicted octanol–water partition coefficient (Wildman–Crippen LogP) is 1.24. The van der Waals surface area contributed by atoms with Crippen molar-refractivity contribution in [3.8, 4) is 5.75 Å². The summed E-state index contributed by atoms with van der Waals surface area (Å²) in [4.78, 5) is 9.28. The lowest BCUT2D eigenvalue weighted by atomic mass is 10.3. The number of rotatable bonds is 9. The van der Waals surface area contributed by atoms with Crippen molar-refractivity contribution in [3.05, 3.63) is 27.3 Å². The van der Waals surface area contributed by atoms with E-state index >= 15 is 0 Å². The molecular weight excluding hydrogens is 352 g/mol. The number of aromatic hydroxyl groups is 1. The molecule has 0 radical (unpaired) electrons. The highest BCUT2D eigenvalue weighted by atomic mass is 35.5. The van der Waals surface area contributed by atoms with Crippen LogP contribution in [0.2, 0.25) is 5.02 Å². The number of nitrogens with zero attached hydrogens (tertiary/aromatic N) is 2. The van der Waals surface area contributed by atoms with Crippen LogP contribution in [0.1, 0.15) is 0 Å². The van der Waals surface area contributed by atoms with Gasteiger partial charge in [-0.15, -0.1) is 0 Å². The molecule has 1 rings (SSSR count). The molecule has 0 saturated heterocycles. The van der Waals surface area contributed by atoms with Crippen LogP contribution in [0.25, 0.3) is 0 Å². The lowest BCUT2D eigenvalue weighted by Crippen LogP contribution is -2.36. The van der Waals surface area contributed by atoms with Crippen LogP contribution in [0.4, 0.5) is 5.69 Å². The number of nitro benzene ring substituents is 1. The van der Waals surface area contributed by atoms with Gasteiger partial charge in [0.2, 0.25) is 15.8 Å². The van der Waals surface area contributed by atoms with Crippen molar-refractivity contribution in [3.63, 3.8) is 0 Å². The van der Waals surface area contributed by atoms with Gasteiger partial charge in [-0.2, -0.15) is 4.31 Å². The van der Waals surface area contributed by atoms with E-state index in [0.29, 0.717) is 0 Å². The van der Waals surface area contributed by atoms with Crippen molar-refractivity contribution in [1.29, 1.82) is 0 Å². The SMILES string of the molecule is COCCN(CCOC)S(=O)(=O)c1c(Cl)ccc([N+](=O)[O-])c1O. The lowest BCUT2D eigenvalue weighted by Gasteiger charge is -2.22. The highest BCUT2D eigenvalue weighted by molar-refractivity contribution is 7.89. The summed E-state index contributed by atoms with van der Waals surface area (Å²) in [5.74, 6) is -0.998. The number of hydrogen-bond donors (Lipinski definition) is 1. The smallest absolute Gasteiger partial charge is 0.312 e. The monoisotopic (exact) mass is 368 g/mol. The molecule has 0 bridgehead atoms. The quantitative estimate of drug-likeness (QED) is 0.514. The molecule has 9 nitrogen and oxygen atoms in total. The maximum atomic E-state index is 12.7. The Hall–Kier alpha value is -1.46. The summed E-state index contributed by atoms with van der Waals surface area (Å²) in [6.45, 7) is 0.133. The Morgan fingerprint density at radius 1 is 1.26 bits per heavy atom. The zero-order valence-electron chi connectivity index (χ0n) is 12.6. The summed E-state index contributed by atoms with van der Waals surface area (Å²) < 4.78 is 36.1. The Balaban J connectivity index is 3.38. The second-order valence-electron chi connectivity index (χ2n) is 4.39. The lowest BCUT2D eigenvalue weighted by molar-refractivity contribution is -0.386. The number of sulfonamides is 1. The molecule has 0 aliphatic heterocycles. The van der Waals surface area contributed by atoms with Crippen LogP contribution in [-0.4, -0.2) is 63.3 Å². The van der Waals surface area contributed by atoms with Gasteiger partial charge < -0.3 is 14.6 Å². The highest BCUT2D eigenvalue weighted by Crippen LogP contribution is 2.39. The van der Waals surface area contributed by atoms with Crippen LogP contribution in [0.5, 0.6) is 5.75 Å². The van der Waals surface area contributed by atoms with Crippen molar-refractivity contribution in [2.24, 2.45) is 0 Å². The fourth-order valence-corrected chi connectivity index (χ4v) is 3.79. The first-order chi connectivity index (χ1) is 10.8. The van der Waals surface area contributed by atoms with Gasteiger partial charge in [0.25, 0.3) is 0 Å². The summed E-state index contributed by atoms with van der Waals surface area (Å²) in [6.07, 6.45) is 0. The number of phenols is 1. The Morgan fingerprint density at radius 2 is 1.78 bits per heavy atom. The van der Waals surface area contributed by atoms with Crippen LogP contribution in [0.3, 0.4) is 0 Å². The minimum absolute atomic E-state index is 0.0271. The first-order valence-electron chi connectivity index (χ1n) is 6.41. The van der Waals surface area contributed by atoms with Crippen LogP contribution in [0, 0.1) is 10.1 Å². The van der Waals surface area contributed by atoms with Crippen molar-refractivity contribution < 1.29 is 27.9 Å². The van der Waals surface area contributed by atoms with E-state index in [0.717, 1.165) is 16.4 Å². The van der Waals surface area contributed by atoms with E-state index in [1.54, 1.807) is 0 Å². The number of hydrogen-bond acceptors (Lipinski definition) is 7. The molecule has 0 heterocycles. The molecule has 1 N–H and O–H groups in total. The fraction of sp³-hybridized carbons (Fsp3) is 0.500. The van der Waals surface area contributed by atoms with Gasteiger partial charge in [0.05, 0.1) is 23.2 Å². The summed E-state index contributed by atoms with van der Waals surface area (Å²) in [6, 6.07) is 1.99. The van der Waals surface area contributed by atoms with Gasteiger partial charge in [-0.05, 0) is 6.07 Å². The molecule has 0 aromatic heterocycles. The Labute approximate surface area is 138 Å². The van der Waals surface area contributed by atoms with E-state index in [-0.39, 0.29) is 31.3 Å². The minimum Gasteiger partial charge on any atom is -0.501 e. The molecule has 0 saturated carbocycles. The zero-order valence-corrected chi connectivity index (χ0v) is 14.1. The number of ether oxygens (including phenoxy) is 2. The van der Waals surface area contributed by atoms with E-state index in [4.69, 9.17) is 21.1 Å². The van der Waals surface area contributed by atoms with Crippen LogP contribution in [0.15, 0.2) is 17.0 Å². The van der Waals surface area contributed by atoms with Gasteiger partial charge in [-0.1, -0.05) is 11.6 Å². The van der Waals surface area contributed by atoms with Gasteiger partial charge in [-0.3, -0.25) is 10.1 Å². The fourth-order valence-electron chi connectivity index (χ4n) is 1.80. The van der Waals surface area contributed by atoms with Crippen molar-refractivity contribution in [2.45, 2.75) is 4.90 Å². The van der Waals surface area contributed by atoms with E-state index in [1.165, 1.54) is 14.2 Å². The van der Waals surface area contributed by atoms with E-state index in [1.807, 2.05) is 0 Å². The van der Waals surface area contributed by atoms with E-state index in [2.05, 4.69) is 0 Å². The molecule has 11 heteroatoms. The van der Waals surface area contributed by atoms with Gasteiger partial charge in [0.1, 0.15) is 4.90 Å². The van der Waals surface area contributed by atoms with Crippen molar-refractivity contribution in [2.75, 3.05) is 40.5 Å². The third-order valence-corrected chi connectivity index (χ3v) is 5.35. The van der Waals surface area contributed by atoms with Crippen LogP contribution < -0.4 is 0 Å². The summed E-state index contributed by atoms with van der Waals surface area (Å²) in [5.41, 5.74) is -0.744. The maximum Gasteiger partial charge on any atom is 0.312 e. The largest absolute Gasteiger partial charge is 0.501 e. The molecule has 130 valence electrons. The maximum absolute atomic E-state index is 12.7. The third-order valence-electron chi connectivity index (χ3n) is 2.95. The molecule has 0 fully saturated rings. The average Bonchev–Trinajstić information content (AvgIpc) is 2.46. The second kappa shape index (κ2) is 8.41. The number of halogens is 1. The highest BCUT2D eigenvalue weighted by Gasteiger charge is 2.33. The summed E-state index contributed by atoms with van der Waals surface area (Å²) in [5, 5.41) is 20.5. The van der Waals surface area contributed by atoms with Gasteiger partial charge in [0, 0.05) is 33.4 Å². The van der Waals surface area contributed by atoms with Crippen LogP contribution >= 0.6 is 11.6 Å². The standard InChI is InChI=1S/C12H17ClN2O7S/c1-21-7-5-14(6-8-22-2)23(19,20)12-9(13)3-4-10(11(12)16)15(17)18/h3-4,16H,5-8H2,1-2H3. The van der Waals surface area contributed by atoms with E-state index in [9.17, 15) is 23.6 Å². The molecule has 23 heavy (non-hydrogen) atoms. The van der Waals surface area contributed by atoms with Gasteiger partial charge in [-0.25, -0.2) is 8.42 Å². The number of benzene rings is 1. The van der Waals surface area contributed by atoms with Crippen LogP contribution in [-0.2, 0) is 19.5 Å². The van der Waals surface area contributed by atoms with Gasteiger partial charge in [0.15, 0.2) is 0 Å². The number of methoxy groups -OCH3 is 2. The predicted molar refractivity (Wildman–Crippen MR) is 82.3 cm³/mol. The number of nitro groups is 1. The average molecular weight is 369 g/mol. The van der Waals surface area contributed by atoms with Crippen molar-refractivity contribution >= 4 is 27.3 Å². The molecule has 0 atom stereocenters. The normalized spacial score (nSPS) is 11.8. The van der Waals surface area contributed by atoms with Gasteiger partial charge >= 0.3 is 5.69 Å². The summed E-state index contributed by atoms with van der Waals surface area (Å²) >= 11 is 5.85. The number of phenolic OH excluding ortho intramolecular Hbond substituents is 1. The Morgan fingerprint density at radius 3 is 2.22 bits per heavy atom. The third kappa shape index (κ3) is 4.52. The minimum atomic E-state index is -4.28. The molecule has 0 amide bonds. The zero-order chi connectivity index (χ0) is 17.6. The Kier molecular flexibility index (Phi) is 7.16. The molecule has 0 spiro atoms. The molecule has 0 aliphatic rings. The summed E-state index contributed by atoms with van der Waals surface area (Å²) in [7, 11) is -1.47. The Bertz CT molecular complexity index is 658. The molecule has 1 aromatic rings. The molecular formula is C12H17ClN2O7S. The second-order valence-corrected chi connectivity index (χ2v) is 6.67. The molecule has 0 aliphatic carbocycles. The topological polar surface area (TPSA) is 119 Å². The first-order valence-corrected chi connectivity index (χ1v) is 8.23. The molecule has 1 aromatic carbocycles. The first kappa shape index (κ1) is 19.6. The van der Waals surface area contributed by atoms with E-state index < -0.39 is 31.3 Å². The van der Waals surface area contributed by atoms with Crippen molar-refractivity contribution in [1.82, 2.24) is 4.31 Å². The molecule has 0 unspecified atom stereocenters.